The first kappa shape index (κ1) is 17.1. The van der Waals surface area contributed by atoms with Crippen molar-refractivity contribution in [2.75, 3.05) is 44.2 Å². The van der Waals surface area contributed by atoms with Crippen molar-refractivity contribution < 1.29 is 9.53 Å². The zero-order valence-corrected chi connectivity index (χ0v) is 14.6. The van der Waals surface area contributed by atoms with Gasteiger partial charge in [-0.05, 0) is 44.4 Å². The second-order valence-electron chi connectivity index (χ2n) is 6.75. The lowest BCUT2D eigenvalue weighted by Gasteiger charge is -2.38. The van der Waals surface area contributed by atoms with Crippen LogP contribution < -0.4 is 15.4 Å². The highest BCUT2D eigenvalue weighted by Gasteiger charge is 2.35. The average Bonchev–Trinajstić information content (AvgIpc) is 3.11. The maximum atomic E-state index is 12.8. The molecule has 2 aliphatic rings. The minimum Gasteiger partial charge on any atom is -0.492 e. The highest BCUT2D eigenvalue weighted by Crippen LogP contribution is 2.33. The van der Waals surface area contributed by atoms with Crippen LogP contribution in [0.4, 0.5) is 5.69 Å². The highest BCUT2D eigenvalue weighted by molar-refractivity contribution is 5.80. The molecule has 1 heterocycles. The smallest absolute Gasteiger partial charge is 0.226 e. The summed E-state index contributed by atoms with van der Waals surface area (Å²) in [7, 11) is 0. The standard InChI is InChI=1S/C19H29N3O2/c1-2-24-18-9-4-3-8-17(18)21-10-12-22(13-11-21)19(23)16-7-5-6-15(16)14-20/h3-4,8-9,15-16H,2,5-7,10-14,20H2,1H3/t15-,16-/m1/s1. The summed E-state index contributed by atoms with van der Waals surface area (Å²) in [6.07, 6.45) is 3.25. The zero-order valence-electron chi connectivity index (χ0n) is 14.6. The molecule has 1 aromatic rings. The van der Waals surface area contributed by atoms with Crippen LogP contribution in [0.3, 0.4) is 0 Å². The Hall–Kier alpha value is -1.75. The number of carbonyl (C=O) groups excluding carboxylic acids is 1. The fraction of sp³-hybridized carbons (Fsp3) is 0.632. The van der Waals surface area contributed by atoms with E-state index in [1.807, 2.05) is 30.0 Å². The lowest BCUT2D eigenvalue weighted by Crippen LogP contribution is -2.51. The molecule has 0 aromatic heterocycles. The summed E-state index contributed by atoms with van der Waals surface area (Å²) < 4.78 is 5.74. The van der Waals surface area contributed by atoms with Crippen molar-refractivity contribution in [1.29, 1.82) is 0 Å². The van der Waals surface area contributed by atoms with Gasteiger partial charge >= 0.3 is 0 Å². The van der Waals surface area contributed by atoms with Gasteiger partial charge < -0.3 is 20.3 Å². The van der Waals surface area contributed by atoms with Crippen LogP contribution in [0.1, 0.15) is 26.2 Å². The average molecular weight is 331 g/mol. The number of para-hydroxylation sites is 2. The van der Waals surface area contributed by atoms with E-state index in [9.17, 15) is 4.79 Å². The molecule has 1 saturated heterocycles. The van der Waals surface area contributed by atoms with Gasteiger partial charge in [0.15, 0.2) is 0 Å². The lowest BCUT2D eigenvalue weighted by atomic mass is 9.94. The molecule has 0 spiro atoms. The van der Waals surface area contributed by atoms with Crippen LogP contribution in [0, 0.1) is 11.8 Å². The third kappa shape index (κ3) is 3.51. The Morgan fingerprint density at radius 2 is 1.96 bits per heavy atom. The molecule has 1 aromatic carbocycles. The number of anilines is 1. The van der Waals surface area contributed by atoms with E-state index in [0.29, 0.717) is 25.0 Å². The summed E-state index contributed by atoms with van der Waals surface area (Å²) in [6.45, 7) is 6.59. The van der Waals surface area contributed by atoms with Gasteiger partial charge in [0.25, 0.3) is 0 Å². The van der Waals surface area contributed by atoms with Crippen LogP contribution in [-0.4, -0.2) is 50.1 Å². The molecule has 1 amide bonds. The van der Waals surface area contributed by atoms with Gasteiger partial charge in [0.05, 0.1) is 12.3 Å². The summed E-state index contributed by atoms with van der Waals surface area (Å²) in [5, 5.41) is 0. The molecule has 132 valence electrons. The topological polar surface area (TPSA) is 58.8 Å². The molecule has 1 saturated carbocycles. The first-order valence-electron chi connectivity index (χ1n) is 9.20. The van der Waals surface area contributed by atoms with Crippen molar-refractivity contribution in [1.82, 2.24) is 4.90 Å². The van der Waals surface area contributed by atoms with E-state index >= 15 is 0 Å². The molecular weight excluding hydrogens is 302 g/mol. The molecule has 2 atom stereocenters. The number of piperazine rings is 1. The Kier molecular flexibility index (Phi) is 5.61. The predicted octanol–water partition coefficient (Wildman–Crippen LogP) is 2.11. The van der Waals surface area contributed by atoms with Crippen LogP contribution in [0.15, 0.2) is 24.3 Å². The molecule has 5 nitrogen and oxygen atoms in total. The van der Waals surface area contributed by atoms with Gasteiger partial charge in [-0.25, -0.2) is 0 Å². The fourth-order valence-corrected chi connectivity index (χ4v) is 4.04. The largest absolute Gasteiger partial charge is 0.492 e. The number of hydrogen-bond acceptors (Lipinski definition) is 4. The molecule has 3 rings (SSSR count). The number of rotatable bonds is 5. The van der Waals surface area contributed by atoms with Crippen molar-refractivity contribution in [2.24, 2.45) is 17.6 Å². The monoisotopic (exact) mass is 331 g/mol. The number of ether oxygens (including phenoxy) is 1. The van der Waals surface area contributed by atoms with E-state index < -0.39 is 0 Å². The molecule has 1 aliphatic heterocycles. The van der Waals surface area contributed by atoms with Gasteiger partial charge in [-0.1, -0.05) is 18.6 Å². The van der Waals surface area contributed by atoms with Gasteiger partial charge in [-0.3, -0.25) is 4.79 Å². The minimum absolute atomic E-state index is 0.150. The maximum Gasteiger partial charge on any atom is 0.226 e. The maximum absolute atomic E-state index is 12.8. The number of hydrogen-bond donors (Lipinski definition) is 1. The van der Waals surface area contributed by atoms with Crippen molar-refractivity contribution in [3.63, 3.8) is 0 Å². The van der Waals surface area contributed by atoms with E-state index in [1.165, 1.54) is 0 Å². The Morgan fingerprint density at radius 1 is 1.21 bits per heavy atom. The SMILES string of the molecule is CCOc1ccccc1N1CCN(C(=O)[C@@H]2CCC[C@@H]2CN)CC1. The minimum atomic E-state index is 0.150. The summed E-state index contributed by atoms with van der Waals surface area (Å²) in [6, 6.07) is 8.16. The van der Waals surface area contributed by atoms with Crippen molar-refractivity contribution in [2.45, 2.75) is 26.2 Å². The molecule has 24 heavy (non-hydrogen) atoms. The van der Waals surface area contributed by atoms with Crippen LogP contribution in [0.2, 0.25) is 0 Å². The molecule has 2 N–H and O–H groups in total. The molecule has 0 bridgehead atoms. The summed E-state index contributed by atoms with van der Waals surface area (Å²) in [5.74, 6) is 1.78. The molecular formula is C19H29N3O2. The molecule has 2 fully saturated rings. The number of benzene rings is 1. The first-order chi connectivity index (χ1) is 11.7. The van der Waals surface area contributed by atoms with Crippen molar-refractivity contribution in [3.8, 4) is 5.75 Å². The lowest BCUT2D eigenvalue weighted by molar-refractivity contribution is -0.136. The fourth-order valence-electron chi connectivity index (χ4n) is 4.04. The van der Waals surface area contributed by atoms with Crippen molar-refractivity contribution >= 4 is 11.6 Å². The number of amides is 1. The molecule has 5 heteroatoms. The molecule has 0 unspecified atom stereocenters. The van der Waals surface area contributed by atoms with Gasteiger partial charge in [0.1, 0.15) is 5.75 Å². The summed E-state index contributed by atoms with van der Waals surface area (Å²) in [5.41, 5.74) is 6.97. The first-order valence-corrected chi connectivity index (χ1v) is 9.20. The van der Waals surface area contributed by atoms with Crippen LogP contribution in [0.5, 0.6) is 5.75 Å². The third-order valence-corrected chi connectivity index (χ3v) is 5.38. The van der Waals surface area contributed by atoms with Gasteiger partial charge in [0.2, 0.25) is 5.91 Å². The summed E-state index contributed by atoms with van der Waals surface area (Å²) >= 11 is 0. The highest BCUT2D eigenvalue weighted by atomic mass is 16.5. The van der Waals surface area contributed by atoms with Crippen LogP contribution in [0.25, 0.3) is 0 Å². The second kappa shape index (κ2) is 7.88. The Morgan fingerprint density at radius 3 is 2.67 bits per heavy atom. The predicted molar refractivity (Wildman–Crippen MR) is 96.3 cm³/mol. The van der Waals surface area contributed by atoms with Crippen molar-refractivity contribution in [3.05, 3.63) is 24.3 Å². The number of nitrogens with zero attached hydrogens (tertiary/aromatic N) is 2. The van der Waals surface area contributed by atoms with E-state index in [-0.39, 0.29) is 5.92 Å². The van der Waals surface area contributed by atoms with Crippen LogP contribution in [-0.2, 0) is 4.79 Å². The van der Waals surface area contributed by atoms with E-state index in [0.717, 1.165) is 56.9 Å². The van der Waals surface area contributed by atoms with E-state index in [1.54, 1.807) is 0 Å². The van der Waals surface area contributed by atoms with Gasteiger partial charge in [-0.2, -0.15) is 0 Å². The second-order valence-corrected chi connectivity index (χ2v) is 6.75. The Labute approximate surface area is 144 Å². The number of carbonyl (C=O) groups is 1. The molecule has 0 radical (unpaired) electrons. The Balaban J connectivity index is 1.61. The zero-order chi connectivity index (χ0) is 16.9. The summed E-state index contributed by atoms with van der Waals surface area (Å²) in [4.78, 5) is 17.2. The third-order valence-electron chi connectivity index (χ3n) is 5.38. The van der Waals surface area contributed by atoms with Gasteiger partial charge in [-0.15, -0.1) is 0 Å². The Bertz CT molecular complexity index is 555. The van der Waals surface area contributed by atoms with Gasteiger partial charge in [0, 0.05) is 32.1 Å². The number of nitrogens with two attached hydrogens (primary N) is 1. The normalized spacial score (nSPS) is 24.2. The molecule has 1 aliphatic carbocycles. The van der Waals surface area contributed by atoms with E-state index in [2.05, 4.69) is 11.0 Å². The quantitative estimate of drug-likeness (QED) is 0.898. The van der Waals surface area contributed by atoms with E-state index in [4.69, 9.17) is 10.5 Å². The van der Waals surface area contributed by atoms with Crippen LogP contribution >= 0.6 is 0 Å².